The number of rotatable bonds is 7. The van der Waals surface area contributed by atoms with Crippen LogP contribution in [-0.4, -0.2) is 64.7 Å². The third-order valence-corrected chi connectivity index (χ3v) is 6.01. The number of nitrogens with one attached hydrogen (secondary N) is 2. The first-order chi connectivity index (χ1) is 16.3. The fourth-order valence-electron chi connectivity index (χ4n) is 4.22. The van der Waals surface area contributed by atoms with Gasteiger partial charge in [0.05, 0.1) is 31.8 Å². The highest BCUT2D eigenvalue weighted by atomic mass is 16.5. The number of amides is 2. The quantitative estimate of drug-likeness (QED) is 0.543. The Bertz CT molecular complexity index is 1290. The van der Waals surface area contributed by atoms with Crippen molar-refractivity contribution in [3.05, 3.63) is 39.9 Å². The smallest absolute Gasteiger partial charge is 0.327 e. The molecule has 180 valence electrons. The van der Waals surface area contributed by atoms with Crippen LogP contribution in [0.1, 0.15) is 37.7 Å². The van der Waals surface area contributed by atoms with E-state index in [2.05, 4.69) is 25.3 Å². The van der Waals surface area contributed by atoms with Gasteiger partial charge in [-0.05, 0) is 38.5 Å². The number of benzene rings is 1. The predicted octanol–water partition coefficient (Wildman–Crippen LogP) is 2.86. The molecule has 1 aliphatic rings. The van der Waals surface area contributed by atoms with E-state index in [0.29, 0.717) is 46.8 Å². The maximum Gasteiger partial charge on any atom is 0.327 e. The van der Waals surface area contributed by atoms with Gasteiger partial charge in [-0.1, -0.05) is 6.92 Å². The van der Waals surface area contributed by atoms with Gasteiger partial charge in [-0.25, -0.2) is 4.79 Å². The second kappa shape index (κ2) is 9.16. The summed E-state index contributed by atoms with van der Waals surface area (Å²) in [6.07, 6.45) is 0.778. The standard InChI is InChI=1S/C23H29N7O4/c1-7-15-11-29(4)23(32)30(15)22-26-13(3)25-21(28-22)24-12(2)16-10-14-8-9-17(33-5)19(34-6)18(14)27-20(16)31/h8-10,12,15H,7,11H2,1-6H3,(H,27,31)(H,24,25,26,28)/t12-,15-/m0/s1. The lowest BCUT2D eigenvalue weighted by atomic mass is 10.1. The normalized spacial score (nSPS) is 16.8. The number of hydrogen-bond acceptors (Lipinski definition) is 8. The zero-order valence-corrected chi connectivity index (χ0v) is 20.2. The van der Waals surface area contributed by atoms with Crippen LogP contribution in [0.2, 0.25) is 0 Å². The third-order valence-electron chi connectivity index (χ3n) is 6.01. The average Bonchev–Trinajstić information content (AvgIpc) is 3.10. The van der Waals surface area contributed by atoms with Crippen molar-refractivity contribution in [2.45, 2.75) is 39.3 Å². The Kier molecular flexibility index (Phi) is 6.27. The molecule has 0 bridgehead atoms. The van der Waals surface area contributed by atoms with Crippen LogP contribution in [0.5, 0.6) is 11.5 Å². The molecule has 0 radical (unpaired) electrons. The molecule has 34 heavy (non-hydrogen) atoms. The van der Waals surface area contributed by atoms with Gasteiger partial charge in [0.2, 0.25) is 11.9 Å². The number of aryl methyl sites for hydroxylation is 1. The molecule has 0 aliphatic carbocycles. The summed E-state index contributed by atoms with van der Waals surface area (Å²) in [7, 11) is 4.83. The molecule has 1 fully saturated rings. The van der Waals surface area contributed by atoms with Crippen LogP contribution in [-0.2, 0) is 0 Å². The predicted molar refractivity (Wildman–Crippen MR) is 129 cm³/mol. The van der Waals surface area contributed by atoms with Gasteiger partial charge in [-0.3, -0.25) is 9.69 Å². The van der Waals surface area contributed by atoms with E-state index in [4.69, 9.17) is 9.47 Å². The molecule has 4 rings (SSSR count). The first kappa shape index (κ1) is 23.3. The summed E-state index contributed by atoms with van der Waals surface area (Å²) >= 11 is 0. The van der Waals surface area contributed by atoms with Gasteiger partial charge < -0.3 is 24.7 Å². The van der Waals surface area contributed by atoms with Gasteiger partial charge >= 0.3 is 6.03 Å². The minimum Gasteiger partial charge on any atom is -0.493 e. The number of aromatic nitrogens is 4. The molecule has 2 N–H and O–H groups in total. The fourth-order valence-corrected chi connectivity index (χ4v) is 4.22. The number of fused-ring (bicyclic) bond motifs is 1. The van der Waals surface area contributed by atoms with Crippen LogP contribution in [0.3, 0.4) is 0 Å². The van der Waals surface area contributed by atoms with Gasteiger partial charge in [0.15, 0.2) is 11.5 Å². The Morgan fingerprint density at radius 3 is 2.65 bits per heavy atom. The summed E-state index contributed by atoms with van der Waals surface area (Å²) in [6.45, 7) is 6.23. The molecule has 0 unspecified atom stereocenters. The number of methoxy groups -OCH3 is 2. The zero-order chi connectivity index (χ0) is 24.6. The lowest BCUT2D eigenvalue weighted by Gasteiger charge is -2.21. The highest BCUT2D eigenvalue weighted by molar-refractivity contribution is 5.93. The summed E-state index contributed by atoms with van der Waals surface area (Å²) in [5, 5.41) is 3.98. The number of nitrogens with zero attached hydrogens (tertiary/aromatic N) is 5. The molecule has 11 nitrogen and oxygen atoms in total. The van der Waals surface area contributed by atoms with Gasteiger partial charge in [-0.15, -0.1) is 0 Å². The second-order valence-electron chi connectivity index (χ2n) is 8.29. The number of pyridine rings is 1. The van der Waals surface area contributed by atoms with Crippen LogP contribution >= 0.6 is 0 Å². The van der Waals surface area contributed by atoms with Crippen molar-refractivity contribution >= 4 is 28.8 Å². The molecule has 1 aliphatic heterocycles. The van der Waals surface area contributed by atoms with Crippen LogP contribution in [0.4, 0.5) is 16.7 Å². The Balaban J connectivity index is 1.67. The minimum absolute atomic E-state index is 0.0140. The lowest BCUT2D eigenvalue weighted by Crippen LogP contribution is -2.36. The Morgan fingerprint density at radius 2 is 1.97 bits per heavy atom. The van der Waals surface area contributed by atoms with E-state index in [9.17, 15) is 9.59 Å². The highest BCUT2D eigenvalue weighted by Crippen LogP contribution is 2.34. The maximum atomic E-state index is 12.9. The van der Waals surface area contributed by atoms with Crippen LogP contribution in [0.15, 0.2) is 23.0 Å². The number of carbonyl (C=O) groups is 1. The van der Waals surface area contributed by atoms with Crippen molar-refractivity contribution in [3.63, 3.8) is 0 Å². The molecule has 2 atom stereocenters. The summed E-state index contributed by atoms with van der Waals surface area (Å²) in [5.74, 6) is 2.06. The first-order valence-electron chi connectivity index (χ1n) is 11.1. The molecule has 0 spiro atoms. The molecule has 11 heteroatoms. The molecule has 1 saturated heterocycles. The highest BCUT2D eigenvalue weighted by Gasteiger charge is 2.37. The number of hydrogen-bond donors (Lipinski definition) is 2. The number of anilines is 2. The van der Waals surface area contributed by atoms with Crippen molar-refractivity contribution in [1.82, 2.24) is 24.8 Å². The van der Waals surface area contributed by atoms with E-state index in [-0.39, 0.29) is 17.6 Å². The van der Waals surface area contributed by atoms with Crippen LogP contribution < -0.4 is 25.2 Å². The average molecular weight is 468 g/mol. The molecule has 3 heterocycles. The summed E-state index contributed by atoms with van der Waals surface area (Å²) in [6, 6.07) is 4.86. The van der Waals surface area contributed by atoms with Gasteiger partial charge in [0.1, 0.15) is 5.82 Å². The monoisotopic (exact) mass is 467 g/mol. The van der Waals surface area contributed by atoms with E-state index in [1.165, 1.54) is 7.11 Å². The zero-order valence-electron chi connectivity index (χ0n) is 20.2. The second-order valence-corrected chi connectivity index (χ2v) is 8.29. The number of ether oxygens (including phenoxy) is 2. The Labute approximate surface area is 197 Å². The summed E-state index contributed by atoms with van der Waals surface area (Å²) < 4.78 is 10.8. The van der Waals surface area contributed by atoms with Crippen molar-refractivity contribution < 1.29 is 14.3 Å². The van der Waals surface area contributed by atoms with E-state index >= 15 is 0 Å². The Hall–Kier alpha value is -3.89. The minimum atomic E-state index is -0.421. The van der Waals surface area contributed by atoms with Crippen LogP contribution in [0, 0.1) is 6.92 Å². The molecule has 2 amide bonds. The van der Waals surface area contributed by atoms with E-state index in [0.717, 1.165) is 11.8 Å². The number of H-pyrrole nitrogens is 1. The van der Waals surface area contributed by atoms with E-state index < -0.39 is 6.04 Å². The van der Waals surface area contributed by atoms with Crippen molar-refractivity contribution in [1.29, 1.82) is 0 Å². The molecular formula is C23H29N7O4. The SMILES string of the molecule is CC[C@H]1CN(C)C(=O)N1c1nc(C)nc(N[C@@H](C)c2cc3ccc(OC)c(OC)c3[nH]c2=O)n1. The largest absolute Gasteiger partial charge is 0.493 e. The summed E-state index contributed by atoms with van der Waals surface area (Å²) in [4.78, 5) is 45.0. The van der Waals surface area contributed by atoms with Gasteiger partial charge in [-0.2, -0.15) is 15.0 Å². The van der Waals surface area contributed by atoms with E-state index in [1.807, 2.05) is 19.9 Å². The van der Waals surface area contributed by atoms with Crippen molar-refractivity contribution in [3.8, 4) is 11.5 Å². The van der Waals surface area contributed by atoms with Gasteiger partial charge in [0, 0.05) is 24.5 Å². The van der Waals surface area contributed by atoms with Gasteiger partial charge in [0.25, 0.3) is 5.56 Å². The first-order valence-corrected chi connectivity index (χ1v) is 11.1. The molecule has 2 aromatic heterocycles. The Morgan fingerprint density at radius 1 is 1.21 bits per heavy atom. The van der Waals surface area contributed by atoms with E-state index in [1.54, 1.807) is 43.0 Å². The third kappa shape index (κ3) is 4.09. The number of carbonyl (C=O) groups excluding carboxylic acids is 1. The topological polar surface area (TPSA) is 126 Å². The number of aromatic amines is 1. The van der Waals surface area contributed by atoms with Crippen LogP contribution in [0.25, 0.3) is 10.9 Å². The fraction of sp³-hybridized carbons (Fsp3) is 0.435. The maximum absolute atomic E-state index is 12.9. The summed E-state index contributed by atoms with van der Waals surface area (Å²) in [5.41, 5.74) is 0.790. The number of likely N-dealkylation sites (N-methyl/N-ethyl adjacent to an activating group) is 1. The molecular weight excluding hydrogens is 438 g/mol. The number of urea groups is 1. The molecule has 3 aromatic rings. The van der Waals surface area contributed by atoms with Crippen molar-refractivity contribution in [2.24, 2.45) is 0 Å². The lowest BCUT2D eigenvalue weighted by molar-refractivity contribution is 0.229. The van der Waals surface area contributed by atoms with Crippen molar-refractivity contribution in [2.75, 3.05) is 38.0 Å². The molecule has 1 aromatic carbocycles. The molecule has 0 saturated carbocycles.